The van der Waals surface area contributed by atoms with Crippen LogP contribution in [-0.4, -0.2) is 57.8 Å². The van der Waals surface area contributed by atoms with Crippen molar-refractivity contribution in [1.82, 2.24) is 10.2 Å². The first-order chi connectivity index (χ1) is 7.78. The summed E-state index contributed by atoms with van der Waals surface area (Å²) < 4.78 is 4.89. The number of nitrogens with one attached hydrogen (secondary N) is 1. The van der Waals surface area contributed by atoms with E-state index in [0.29, 0.717) is 19.6 Å². The van der Waals surface area contributed by atoms with Crippen LogP contribution in [0.25, 0.3) is 0 Å². The number of ether oxygens (including phenoxy) is 1. The van der Waals surface area contributed by atoms with Gasteiger partial charge in [-0.05, 0) is 25.9 Å². The van der Waals surface area contributed by atoms with Gasteiger partial charge in [0, 0.05) is 26.8 Å². The van der Waals surface area contributed by atoms with Crippen LogP contribution in [0.4, 0.5) is 0 Å². The van der Waals surface area contributed by atoms with Gasteiger partial charge in [0.15, 0.2) is 0 Å². The van der Waals surface area contributed by atoms with E-state index in [9.17, 15) is 4.79 Å². The summed E-state index contributed by atoms with van der Waals surface area (Å²) in [7, 11) is 5.65. The van der Waals surface area contributed by atoms with E-state index in [-0.39, 0.29) is 11.3 Å². The predicted molar refractivity (Wildman–Crippen MR) is 69.8 cm³/mol. The van der Waals surface area contributed by atoms with Crippen molar-refractivity contribution in [3.63, 3.8) is 0 Å². The van der Waals surface area contributed by atoms with Crippen LogP contribution in [0.3, 0.4) is 0 Å². The Bertz CT molecular complexity index is 230. The molecule has 5 heteroatoms. The Balaban J connectivity index is 3.97. The molecule has 0 rings (SSSR count). The Labute approximate surface area is 105 Å². The zero-order chi connectivity index (χ0) is 13.5. The third kappa shape index (κ3) is 8.12. The van der Waals surface area contributed by atoms with E-state index in [4.69, 9.17) is 10.5 Å². The lowest BCUT2D eigenvalue weighted by Gasteiger charge is -2.29. The molecule has 0 aromatic heterocycles. The largest absolute Gasteiger partial charge is 0.385 e. The lowest BCUT2D eigenvalue weighted by Crippen LogP contribution is -2.46. The summed E-state index contributed by atoms with van der Waals surface area (Å²) >= 11 is 0. The van der Waals surface area contributed by atoms with Gasteiger partial charge in [0.2, 0.25) is 5.91 Å². The first-order valence-corrected chi connectivity index (χ1v) is 5.95. The number of carbonyl (C=O) groups excluding carboxylic acids is 1. The quantitative estimate of drug-likeness (QED) is 0.634. The molecule has 0 fully saturated rings. The van der Waals surface area contributed by atoms with Crippen LogP contribution < -0.4 is 11.1 Å². The number of nitrogens with zero attached hydrogens (tertiary/aromatic N) is 1. The van der Waals surface area contributed by atoms with Crippen LogP contribution in [0, 0.1) is 5.41 Å². The Kier molecular flexibility index (Phi) is 7.34. The second-order valence-corrected chi connectivity index (χ2v) is 5.51. The van der Waals surface area contributed by atoms with Crippen LogP contribution in [0.2, 0.25) is 0 Å². The van der Waals surface area contributed by atoms with E-state index < -0.39 is 6.04 Å². The molecule has 1 atom stereocenters. The highest BCUT2D eigenvalue weighted by Crippen LogP contribution is 2.14. The highest BCUT2D eigenvalue weighted by molar-refractivity contribution is 5.81. The first-order valence-electron chi connectivity index (χ1n) is 5.95. The molecule has 0 radical (unpaired) electrons. The molecule has 0 aliphatic heterocycles. The van der Waals surface area contributed by atoms with Crippen molar-refractivity contribution < 1.29 is 9.53 Å². The summed E-state index contributed by atoms with van der Waals surface area (Å²) in [6, 6.07) is -0.481. The van der Waals surface area contributed by atoms with Gasteiger partial charge in [0.05, 0.1) is 6.04 Å². The van der Waals surface area contributed by atoms with Crippen LogP contribution >= 0.6 is 0 Å². The molecule has 0 spiro atoms. The van der Waals surface area contributed by atoms with Crippen molar-refractivity contribution >= 4 is 5.91 Å². The standard InChI is InChI=1S/C12H27N3O2/c1-12(2,9-15(3)4)8-14-11(16)10(13)6-7-17-5/h10H,6-9,13H2,1-5H3,(H,14,16). The summed E-state index contributed by atoms with van der Waals surface area (Å²) in [5, 5.41) is 2.89. The summed E-state index contributed by atoms with van der Waals surface area (Å²) in [6.45, 7) is 6.29. The molecular weight excluding hydrogens is 218 g/mol. The van der Waals surface area contributed by atoms with E-state index in [1.807, 2.05) is 14.1 Å². The molecule has 0 bridgehead atoms. The van der Waals surface area contributed by atoms with Crippen LogP contribution in [-0.2, 0) is 9.53 Å². The molecule has 1 amide bonds. The second kappa shape index (κ2) is 7.63. The average molecular weight is 245 g/mol. The van der Waals surface area contributed by atoms with Crippen LogP contribution in [0.15, 0.2) is 0 Å². The van der Waals surface area contributed by atoms with E-state index in [1.165, 1.54) is 0 Å². The van der Waals surface area contributed by atoms with Gasteiger partial charge in [0.25, 0.3) is 0 Å². The smallest absolute Gasteiger partial charge is 0.237 e. The van der Waals surface area contributed by atoms with E-state index in [1.54, 1.807) is 7.11 Å². The Hall–Kier alpha value is -0.650. The third-order valence-corrected chi connectivity index (χ3v) is 2.46. The molecule has 0 heterocycles. The highest BCUT2D eigenvalue weighted by atomic mass is 16.5. The minimum Gasteiger partial charge on any atom is -0.385 e. The Morgan fingerprint density at radius 2 is 2.06 bits per heavy atom. The first kappa shape index (κ1) is 16.4. The van der Waals surface area contributed by atoms with E-state index >= 15 is 0 Å². The molecule has 102 valence electrons. The van der Waals surface area contributed by atoms with Crippen molar-refractivity contribution in [2.45, 2.75) is 26.3 Å². The summed E-state index contributed by atoms with van der Waals surface area (Å²) in [4.78, 5) is 13.8. The Morgan fingerprint density at radius 1 is 1.47 bits per heavy atom. The number of methoxy groups -OCH3 is 1. The molecule has 5 nitrogen and oxygen atoms in total. The number of rotatable bonds is 8. The van der Waals surface area contributed by atoms with Gasteiger partial charge in [-0.3, -0.25) is 4.79 Å². The minimum atomic E-state index is -0.481. The molecule has 0 saturated carbocycles. The normalized spacial score (nSPS) is 13.8. The lowest BCUT2D eigenvalue weighted by atomic mass is 9.93. The lowest BCUT2D eigenvalue weighted by molar-refractivity contribution is -0.123. The zero-order valence-electron chi connectivity index (χ0n) is 11.7. The number of nitrogens with two attached hydrogens (primary N) is 1. The van der Waals surface area contributed by atoms with Crippen molar-refractivity contribution in [1.29, 1.82) is 0 Å². The summed E-state index contributed by atoms with van der Waals surface area (Å²) in [5.41, 5.74) is 5.77. The van der Waals surface area contributed by atoms with E-state index in [2.05, 4.69) is 24.1 Å². The van der Waals surface area contributed by atoms with E-state index in [0.717, 1.165) is 6.54 Å². The molecule has 0 aromatic carbocycles. The average Bonchev–Trinajstić information content (AvgIpc) is 2.20. The SMILES string of the molecule is COCCC(N)C(=O)NCC(C)(C)CN(C)C. The molecule has 1 unspecified atom stereocenters. The molecule has 0 saturated heterocycles. The molecule has 0 aromatic rings. The minimum absolute atomic E-state index is 0.0418. The van der Waals surface area contributed by atoms with Gasteiger partial charge >= 0.3 is 0 Å². The third-order valence-electron chi connectivity index (χ3n) is 2.46. The number of hydrogen-bond acceptors (Lipinski definition) is 4. The predicted octanol–water partition coefficient (Wildman–Crippen LogP) is 0.0542. The van der Waals surface area contributed by atoms with Crippen molar-refractivity contribution in [3.05, 3.63) is 0 Å². The molecule has 0 aliphatic rings. The fourth-order valence-electron chi connectivity index (χ4n) is 1.75. The number of hydrogen-bond donors (Lipinski definition) is 2. The van der Waals surface area contributed by atoms with Crippen molar-refractivity contribution in [2.24, 2.45) is 11.1 Å². The summed E-state index contributed by atoms with van der Waals surface area (Å²) in [5.74, 6) is -0.103. The van der Waals surface area contributed by atoms with Gasteiger partial charge in [0.1, 0.15) is 0 Å². The van der Waals surface area contributed by atoms with Crippen molar-refractivity contribution in [2.75, 3.05) is 40.9 Å². The monoisotopic (exact) mass is 245 g/mol. The Morgan fingerprint density at radius 3 is 2.53 bits per heavy atom. The number of carbonyl (C=O) groups is 1. The van der Waals surface area contributed by atoms with Crippen molar-refractivity contribution in [3.8, 4) is 0 Å². The second-order valence-electron chi connectivity index (χ2n) is 5.51. The molecular formula is C12H27N3O2. The van der Waals surface area contributed by atoms with Gasteiger partial charge in [-0.1, -0.05) is 13.8 Å². The molecule has 3 N–H and O–H groups in total. The van der Waals surface area contributed by atoms with Gasteiger partial charge in [-0.25, -0.2) is 0 Å². The summed E-state index contributed by atoms with van der Waals surface area (Å²) in [6.07, 6.45) is 0.552. The van der Waals surface area contributed by atoms with Crippen LogP contribution in [0.5, 0.6) is 0 Å². The topological polar surface area (TPSA) is 67.6 Å². The maximum atomic E-state index is 11.7. The zero-order valence-corrected chi connectivity index (χ0v) is 11.7. The molecule has 17 heavy (non-hydrogen) atoms. The highest BCUT2D eigenvalue weighted by Gasteiger charge is 2.21. The fraction of sp³-hybridized carbons (Fsp3) is 0.917. The van der Waals surface area contributed by atoms with Crippen LogP contribution in [0.1, 0.15) is 20.3 Å². The molecule has 0 aliphatic carbocycles. The maximum Gasteiger partial charge on any atom is 0.237 e. The van der Waals surface area contributed by atoms with Gasteiger partial charge < -0.3 is 20.7 Å². The maximum absolute atomic E-state index is 11.7. The fourth-order valence-corrected chi connectivity index (χ4v) is 1.75. The van der Waals surface area contributed by atoms with Gasteiger partial charge in [-0.15, -0.1) is 0 Å². The number of amides is 1. The van der Waals surface area contributed by atoms with Gasteiger partial charge in [-0.2, -0.15) is 0 Å².